The van der Waals surface area contributed by atoms with Gasteiger partial charge in [0.15, 0.2) is 0 Å². The van der Waals surface area contributed by atoms with E-state index in [1.54, 1.807) is 7.11 Å². The Morgan fingerprint density at radius 3 is 2.56 bits per heavy atom. The Labute approximate surface area is 111 Å². The maximum atomic E-state index is 5.12. The van der Waals surface area contributed by atoms with Crippen LogP contribution in [0, 0.1) is 11.8 Å². The van der Waals surface area contributed by atoms with Gasteiger partial charge in [0.05, 0.1) is 7.11 Å². The fraction of sp³-hybridized carbons (Fsp3) is 0.412. The number of benzene rings is 1. The van der Waals surface area contributed by atoms with Crippen LogP contribution in [0.15, 0.2) is 30.3 Å². The van der Waals surface area contributed by atoms with Crippen LogP contribution in [-0.4, -0.2) is 7.11 Å². The van der Waals surface area contributed by atoms with Crippen molar-refractivity contribution >= 4 is 6.08 Å². The Hall–Kier alpha value is -1.68. The first-order valence-electron chi connectivity index (χ1n) is 6.63. The van der Waals surface area contributed by atoms with E-state index in [2.05, 4.69) is 43.0 Å². The smallest absolute Gasteiger partial charge is 0.118 e. The Bertz CT molecular complexity index is 403. The molecule has 0 fully saturated rings. The third-order valence-electron chi connectivity index (χ3n) is 2.65. The van der Waals surface area contributed by atoms with Gasteiger partial charge in [-0.3, -0.25) is 0 Å². The van der Waals surface area contributed by atoms with E-state index >= 15 is 0 Å². The lowest BCUT2D eigenvalue weighted by atomic mass is 10.1. The summed E-state index contributed by atoms with van der Waals surface area (Å²) in [6.45, 7) is 2.09. The first-order chi connectivity index (χ1) is 8.86. The number of methoxy groups -OCH3 is 1. The van der Waals surface area contributed by atoms with E-state index in [1.165, 1.54) is 18.4 Å². The van der Waals surface area contributed by atoms with E-state index in [9.17, 15) is 0 Å². The van der Waals surface area contributed by atoms with Crippen molar-refractivity contribution < 1.29 is 4.74 Å². The summed E-state index contributed by atoms with van der Waals surface area (Å²) in [5, 5.41) is 0. The van der Waals surface area contributed by atoms with Gasteiger partial charge in [-0.05, 0) is 37.0 Å². The van der Waals surface area contributed by atoms with Gasteiger partial charge in [0.1, 0.15) is 5.75 Å². The summed E-state index contributed by atoms with van der Waals surface area (Å²) < 4.78 is 5.12. The average molecular weight is 242 g/mol. The monoisotopic (exact) mass is 242 g/mol. The van der Waals surface area contributed by atoms with Gasteiger partial charge in [-0.15, -0.1) is 11.8 Å². The van der Waals surface area contributed by atoms with Crippen molar-refractivity contribution in [1.82, 2.24) is 0 Å². The summed E-state index contributed by atoms with van der Waals surface area (Å²) in [7, 11) is 1.69. The summed E-state index contributed by atoms with van der Waals surface area (Å²) in [6.07, 6.45) is 9.93. The second-order valence-corrected chi connectivity index (χ2v) is 4.13. The predicted molar refractivity (Wildman–Crippen MR) is 78.6 cm³/mol. The van der Waals surface area contributed by atoms with E-state index in [4.69, 9.17) is 4.74 Å². The molecule has 1 rings (SSSR count). The molecular formula is C17H22O. The van der Waals surface area contributed by atoms with Crippen molar-refractivity contribution in [2.24, 2.45) is 0 Å². The van der Waals surface area contributed by atoms with E-state index in [0.29, 0.717) is 0 Å². The van der Waals surface area contributed by atoms with Crippen LogP contribution in [0.4, 0.5) is 0 Å². The molecule has 1 heteroatoms. The van der Waals surface area contributed by atoms with Crippen LogP contribution in [0.5, 0.6) is 5.75 Å². The summed E-state index contributed by atoms with van der Waals surface area (Å²) in [5.41, 5.74) is 1.22. The minimum atomic E-state index is 0.904. The van der Waals surface area contributed by atoms with Crippen molar-refractivity contribution in [2.75, 3.05) is 7.11 Å². The lowest BCUT2D eigenvalue weighted by Gasteiger charge is -1.99. The van der Waals surface area contributed by atoms with E-state index in [1.807, 2.05) is 12.1 Å². The highest BCUT2D eigenvalue weighted by atomic mass is 16.5. The Morgan fingerprint density at radius 2 is 1.89 bits per heavy atom. The third-order valence-corrected chi connectivity index (χ3v) is 2.65. The molecule has 0 atom stereocenters. The van der Waals surface area contributed by atoms with Crippen molar-refractivity contribution in [2.45, 2.75) is 39.0 Å². The second kappa shape index (κ2) is 9.36. The molecule has 0 aliphatic heterocycles. The zero-order valence-electron chi connectivity index (χ0n) is 11.4. The Morgan fingerprint density at radius 1 is 1.11 bits per heavy atom. The van der Waals surface area contributed by atoms with E-state index < -0.39 is 0 Å². The van der Waals surface area contributed by atoms with Crippen molar-refractivity contribution in [1.29, 1.82) is 0 Å². The minimum Gasteiger partial charge on any atom is -0.497 e. The van der Waals surface area contributed by atoms with Gasteiger partial charge in [-0.2, -0.15) is 0 Å². The SMILES string of the molecule is CCC#CCCCC/C=C\c1ccc(OC)cc1. The second-order valence-electron chi connectivity index (χ2n) is 4.13. The fourth-order valence-electron chi connectivity index (χ4n) is 1.62. The third kappa shape index (κ3) is 6.15. The van der Waals surface area contributed by atoms with Gasteiger partial charge < -0.3 is 4.74 Å². The molecule has 0 amide bonds. The van der Waals surface area contributed by atoms with Crippen LogP contribution in [0.25, 0.3) is 6.08 Å². The molecule has 1 nitrogen and oxygen atoms in total. The van der Waals surface area contributed by atoms with E-state index in [-0.39, 0.29) is 0 Å². The topological polar surface area (TPSA) is 9.23 Å². The van der Waals surface area contributed by atoms with Crippen LogP contribution in [-0.2, 0) is 0 Å². The van der Waals surface area contributed by atoms with Crippen LogP contribution < -0.4 is 4.74 Å². The first kappa shape index (κ1) is 14.4. The lowest BCUT2D eigenvalue weighted by molar-refractivity contribution is 0.415. The molecule has 0 aliphatic carbocycles. The minimum absolute atomic E-state index is 0.904. The fourth-order valence-corrected chi connectivity index (χ4v) is 1.62. The number of unbranched alkanes of at least 4 members (excludes halogenated alkanes) is 3. The number of hydrogen-bond donors (Lipinski definition) is 0. The summed E-state index contributed by atoms with van der Waals surface area (Å²) in [5.74, 6) is 7.17. The molecule has 1 aromatic carbocycles. The first-order valence-corrected chi connectivity index (χ1v) is 6.63. The molecule has 0 unspecified atom stereocenters. The normalized spacial score (nSPS) is 10.1. The molecule has 0 heterocycles. The summed E-state index contributed by atoms with van der Waals surface area (Å²) >= 11 is 0. The van der Waals surface area contributed by atoms with Crippen molar-refractivity contribution in [3.63, 3.8) is 0 Å². The van der Waals surface area contributed by atoms with Gasteiger partial charge in [0, 0.05) is 12.8 Å². The standard InChI is InChI=1S/C17H22O/c1-3-4-5-6-7-8-9-10-11-16-12-14-17(18-2)15-13-16/h10-15H,3,6-9H2,1-2H3/b11-10-. The van der Waals surface area contributed by atoms with Gasteiger partial charge in [0.2, 0.25) is 0 Å². The highest BCUT2D eigenvalue weighted by Gasteiger charge is 1.89. The maximum absolute atomic E-state index is 5.12. The van der Waals surface area contributed by atoms with E-state index in [0.717, 1.165) is 25.0 Å². The van der Waals surface area contributed by atoms with Crippen LogP contribution in [0.3, 0.4) is 0 Å². The average Bonchev–Trinajstić information content (AvgIpc) is 2.42. The molecule has 0 bridgehead atoms. The highest BCUT2D eigenvalue weighted by molar-refractivity contribution is 5.50. The van der Waals surface area contributed by atoms with Crippen molar-refractivity contribution in [3.8, 4) is 17.6 Å². The molecule has 0 N–H and O–H groups in total. The molecule has 0 aromatic heterocycles. The summed E-state index contributed by atoms with van der Waals surface area (Å²) in [4.78, 5) is 0. The van der Waals surface area contributed by atoms with Gasteiger partial charge in [-0.1, -0.05) is 31.2 Å². The van der Waals surface area contributed by atoms with Gasteiger partial charge in [0.25, 0.3) is 0 Å². The molecule has 96 valence electrons. The Kier molecular flexibility index (Phi) is 7.48. The quantitative estimate of drug-likeness (QED) is 0.520. The lowest BCUT2D eigenvalue weighted by Crippen LogP contribution is -1.81. The number of rotatable bonds is 6. The van der Waals surface area contributed by atoms with Gasteiger partial charge >= 0.3 is 0 Å². The molecule has 18 heavy (non-hydrogen) atoms. The van der Waals surface area contributed by atoms with Crippen LogP contribution in [0.2, 0.25) is 0 Å². The van der Waals surface area contributed by atoms with Gasteiger partial charge in [-0.25, -0.2) is 0 Å². The number of hydrogen-bond acceptors (Lipinski definition) is 1. The Balaban J connectivity index is 2.19. The van der Waals surface area contributed by atoms with Crippen LogP contribution in [0.1, 0.15) is 44.6 Å². The number of ether oxygens (including phenoxy) is 1. The predicted octanol–water partition coefficient (Wildman–Crippen LogP) is 4.68. The molecule has 0 saturated carbocycles. The molecule has 0 radical (unpaired) electrons. The molecule has 1 aromatic rings. The maximum Gasteiger partial charge on any atom is 0.118 e. The zero-order valence-corrected chi connectivity index (χ0v) is 11.4. The number of allylic oxidation sites excluding steroid dienone is 1. The molecule has 0 saturated heterocycles. The molecule has 0 aliphatic rings. The summed E-state index contributed by atoms with van der Waals surface area (Å²) in [6, 6.07) is 8.12. The highest BCUT2D eigenvalue weighted by Crippen LogP contribution is 2.12. The molecule has 0 spiro atoms. The largest absolute Gasteiger partial charge is 0.497 e. The van der Waals surface area contributed by atoms with Crippen LogP contribution >= 0.6 is 0 Å². The zero-order chi connectivity index (χ0) is 13.1. The van der Waals surface area contributed by atoms with Crippen molar-refractivity contribution in [3.05, 3.63) is 35.9 Å². The molecular weight excluding hydrogens is 220 g/mol.